The Balaban J connectivity index is 2.55. The molecule has 1 rings (SSSR count). The monoisotopic (exact) mass is 469 g/mol. The normalized spacial score (nSPS) is 21.1. The first-order valence-electron chi connectivity index (χ1n) is 13.4. The summed E-state index contributed by atoms with van der Waals surface area (Å²) in [7, 11) is 0. The van der Waals surface area contributed by atoms with E-state index in [1.807, 2.05) is 0 Å². The molecule has 6 nitrogen and oxygen atoms in total. The standard InChI is InChI=1S/C27H51NO5/c1-6-7-8-9-13-16-21-33-28-20-19-23(26(2,3)27(28,4)5)22(25(31)32)17-14-11-10-12-15-18-24(29)30/h22-23H,6-21H2,1-5H3,(H,29,30)(H,31,32). The van der Waals surface area contributed by atoms with Crippen molar-refractivity contribution < 1.29 is 24.6 Å². The molecule has 1 aliphatic rings. The highest BCUT2D eigenvalue weighted by Crippen LogP contribution is 2.51. The third-order valence-corrected chi connectivity index (χ3v) is 8.22. The van der Waals surface area contributed by atoms with Crippen LogP contribution in [-0.4, -0.2) is 45.9 Å². The minimum absolute atomic E-state index is 0.103. The SMILES string of the molecule is CCCCCCCCON1CCC(C(CCCCCCCC(=O)O)C(=O)O)C(C)(C)C1(C)C. The van der Waals surface area contributed by atoms with Crippen molar-refractivity contribution in [1.29, 1.82) is 0 Å². The Morgan fingerprint density at radius 2 is 1.48 bits per heavy atom. The van der Waals surface area contributed by atoms with Crippen LogP contribution in [0.25, 0.3) is 0 Å². The van der Waals surface area contributed by atoms with E-state index >= 15 is 0 Å². The lowest BCUT2D eigenvalue weighted by Gasteiger charge is -2.57. The second-order valence-corrected chi connectivity index (χ2v) is 11.0. The van der Waals surface area contributed by atoms with E-state index < -0.39 is 11.9 Å². The van der Waals surface area contributed by atoms with Gasteiger partial charge in [-0.3, -0.25) is 14.4 Å². The summed E-state index contributed by atoms with van der Waals surface area (Å²) < 4.78 is 0. The lowest BCUT2D eigenvalue weighted by atomic mass is 9.58. The van der Waals surface area contributed by atoms with E-state index in [1.165, 1.54) is 32.1 Å². The van der Waals surface area contributed by atoms with E-state index in [2.05, 4.69) is 39.7 Å². The van der Waals surface area contributed by atoms with Crippen molar-refractivity contribution in [2.45, 2.75) is 130 Å². The molecule has 33 heavy (non-hydrogen) atoms. The van der Waals surface area contributed by atoms with Crippen molar-refractivity contribution >= 4 is 11.9 Å². The first kappa shape index (κ1) is 29.9. The molecule has 0 aromatic heterocycles. The van der Waals surface area contributed by atoms with Crippen LogP contribution >= 0.6 is 0 Å². The Labute approximate surface area is 202 Å². The van der Waals surface area contributed by atoms with E-state index in [1.54, 1.807) is 0 Å². The van der Waals surface area contributed by atoms with E-state index in [4.69, 9.17) is 9.94 Å². The van der Waals surface area contributed by atoms with Crippen LogP contribution < -0.4 is 0 Å². The highest BCUT2D eigenvalue weighted by molar-refractivity contribution is 5.70. The number of hydrogen-bond acceptors (Lipinski definition) is 4. The second-order valence-electron chi connectivity index (χ2n) is 11.0. The maximum absolute atomic E-state index is 12.2. The van der Waals surface area contributed by atoms with Gasteiger partial charge < -0.3 is 10.2 Å². The number of hydrogen-bond donors (Lipinski definition) is 2. The Kier molecular flexibility index (Phi) is 13.6. The topological polar surface area (TPSA) is 87.1 Å². The number of nitrogens with zero attached hydrogens (tertiary/aromatic N) is 1. The fraction of sp³-hybridized carbons (Fsp3) is 0.926. The zero-order valence-corrected chi connectivity index (χ0v) is 22.0. The predicted octanol–water partition coefficient (Wildman–Crippen LogP) is 6.92. The maximum atomic E-state index is 12.2. The van der Waals surface area contributed by atoms with Gasteiger partial charge in [-0.2, -0.15) is 5.06 Å². The number of carbonyl (C=O) groups is 2. The first-order valence-corrected chi connectivity index (χ1v) is 13.4. The van der Waals surface area contributed by atoms with Gasteiger partial charge in [0, 0.05) is 18.5 Å². The molecule has 0 spiro atoms. The van der Waals surface area contributed by atoms with Crippen molar-refractivity contribution in [3.05, 3.63) is 0 Å². The fourth-order valence-corrected chi connectivity index (χ4v) is 5.33. The number of hydroxylamine groups is 2. The molecule has 0 bridgehead atoms. The quantitative estimate of drug-likeness (QED) is 0.212. The largest absolute Gasteiger partial charge is 0.481 e. The molecule has 194 valence electrons. The van der Waals surface area contributed by atoms with Gasteiger partial charge in [-0.1, -0.05) is 78.6 Å². The van der Waals surface area contributed by atoms with E-state index in [0.29, 0.717) is 12.8 Å². The Bertz CT molecular complexity index is 575. The molecule has 2 unspecified atom stereocenters. The summed E-state index contributed by atoms with van der Waals surface area (Å²) in [6.07, 6.45) is 13.6. The maximum Gasteiger partial charge on any atom is 0.306 e. The van der Waals surface area contributed by atoms with Crippen LogP contribution in [0, 0.1) is 17.3 Å². The van der Waals surface area contributed by atoms with Crippen LogP contribution in [0.4, 0.5) is 0 Å². The summed E-state index contributed by atoms with van der Waals surface area (Å²) in [5.41, 5.74) is -0.445. The third-order valence-electron chi connectivity index (χ3n) is 8.22. The summed E-state index contributed by atoms with van der Waals surface area (Å²) in [6.45, 7) is 12.6. The zero-order chi connectivity index (χ0) is 24.9. The van der Waals surface area contributed by atoms with Crippen molar-refractivity contribution in [3.63, 3.8) is 0 Å². The summed E-state index contributed by atoms with van der Waals surface area (Å²) in [6, 6.07) is 0. The highest BCUT2D eigenvalue weighted by atomic mass is 16.7. The Hall–Kier alpha value is -1.14. The summed E-state index contributed by atoms with van der Waals surface area (Å²) >= 11 is 0. The number of rotatable bonds is 18. The molecule has 0 aromatic rings. The van der Waals surface area contributed by atoms with Gasteiger partial charge in [-0.05, 0) is 50.9 Å². The lowest BCUT2D eigenvalue weighted by Crippen LogP contribution is -2.62. The van der Waals surface area contributed by atoms with Crippen molar-refractivity contribution in [2.75, 3.05) is 13.2 Å². The number of piperidine rings is 1. The molecule has 0 aliphatic carbocycles. The van der Waals surface area contributed by atoms with E-state index in [-0.39, 0.29) is 29.2 Å². The van der Waals surface area contributed by atoms with Crippen LogP contribution in [0.2, 0.25) is 0 Å². The Morgan fingerprint density at radius 3 is 2.09 bits per heavy atom. The highest BCUT2D eigenvalue weighted by Gasteiger charge is 2.54. The van der Waals surface area contributed by atoms with Crippen LogP contribution in [0.15, 0.2) is 0 Å². The summed E-state index contributed by atoms with van der Waals surface area (Å²) in [5.74, 6) is -1.67. The molecule has 1 saturated heterocycles. The number of aliphatic carboxylic acids is 2. The van der Waals surface area contributed by atoms with Gasteiger partial charge in [0.1, 0.15) is 0 Å². The number of carboxylic acid groups (broad SMARTS) is 2. The fourth-order valence-electron chi connectivity index (χ4n) is 5.33. The van der Waals surface area contributed by atoms with Crippen molar-refractivity contribution in [2.24, 2.45) is 17.3 Å². The molecular formula is C27H51NO5. The van der Waals surface area contributed by atoms with Crippen molar-refractivity contribution in [3.8, 4) is 0 Å². The molecule has 1 heterocycles. The van der Waals surface area contributed by atoms with Crippen molar-refractivity contribution in [1.82, 2.24) is 5.06 Å². The van der Waals surface area contributed by atoms with E-state index in [9.17, 15) is 14.7 Å². The molecular weight excluding hydrogens is 418 g/mol. The zero-order valence-electron chi connectivity index (χ0n) is 22.0. The van der Waals surface area contributed by atoms with Gasteiger partial charge in [-0.15, -0.1) is 0 Å². The number of carboxylic acids is 2. The average molecular weight is 470 g/mol. The van der Waals surface area contributed by atoms with Crippen LogP contribution in [-0.2, 0) is 14.4 Å². The average Bonchev–Trinajstić information content (AvgIpc) is 2.73. The minimum Gasteiger partial charge on any atom is -0.481 e. The molecule has 0 saturated carbocycles. The van der Waals surface area contributed by atoms with Crippen LogP contribution in [0.5, 0.6) is 0 Å². The number of unbranched alkanes of at least 4 members (excludes halogenated alkanes) is 9. The summed E-state index contributed by atoms with van der Waals surface area (Å²) in [4.78, 5) is 29.1. The van der Waals surface area contributed by atoms with Gasteiger partial charge in [0.25, 0.3) is 0 Å². The molecule has 1 aliphatic heterocycles. The second kappa shape index (κ2) is 15.0. The predicted molar refractivity (Wildman–Crippen MR) is 133 cm³/mol. The molecule has 2 atom stereocenters. The molecule has 0 amide bonds. The van der Waals surface area contributed by atoms with Crippen LogP contribution in [0.3, 0.4) is 0 Å². The van der Waals surface area contributed by atoms with Gasteiger partial charge in [0.15, 0.2) is 0 Å². The third kappa shape index (κ3) is 9.56. The van der Waals surface area contributed by atoms with Gasteiger partial charge in [-0.25, -0.2) is 0 Å². The molecule has 6 heteroatoms. The van der Waals surface area contributed by atoms with Gasteiger partial charge in [0.05, 0.1) is 12.5 Å². The Morgan fingerprint density at radius 1 is 0.909 bits per heavy atom. The van der Waals surface area contributed by atoms with Gasteiger partial charge >= 0.3 is 11.9 Å². The summed E-state index contributed by atoms with van der Waals surface area (Å²) in [5, 5.41) is 20.9. The van der Waals surface area contributed by atoms with Crippen LogP contribution in [0.1, 0.15) is 125 Å². The first-order chi connectivity index (χ1) is 15.6. The molecule has 0 radical (unpaired) electrons. The molecule has 2 N–H and O–H groups in total. The molecule has 0 aromatic carbocycles. The minimum atomic E-state index is -0.743. The van der Waals surface area contributed by atoms with Gasteiger partial charge in [0.2, 0.25) is 0 Å². The lowest BCUT2D eigenvalue weighted by molar-refractivity contribution is -0.274. The van der Waals surface area contributed by atoms with E-state index in [0.717, 1.165) is 51.7 Å². The smallest absolute Gasteiger partial charge is 0.306 e. The molecule has 1 fully saturated rings.